The first-order valence-corrected chi connectivity index (χ1v) is 17.2. The molecular formula is C47H34N2. The van der Waals surface area contributed by atoms with Crippen molar-refractivity contribution in [1.29, 1.82) is 0 Å². The zero-order valence-electron chi connectivity index (χ0n) is 27.3. The van der Waals surface area contributed by atoms with Crippen molar-refractivity contribution < 1.29 is 0 Å². The molecule has 0 bridgehead atoms. The van der Waals surface area contributed by atoms with Gasteiger partial charge in [-0.3, -0.25) is 0 Å². The van der Waals surface area contributed by atoms with Gasteiger partial charge in [-0.05, 0) is 81.9 Å². The van der Waals surface area contributed by atoms with Crippen LogP contribution in [0.5, 0.6) is 0 Å². The summed E-state index contributed by atoms with van der Waals surface area (Å²) in [4.78, 5) is 0. The van der Waals surface area contributed by atoms with Gasteiger partial charge in [-0.1, -0.05) is 134 Å². The van der Waals surface area contributed by atoms with Gasteiger partial charge in [-0.15, -0.1) is 0 Å². The van der Waals surface area contributed by atoms with Gasteiger partial charge in [0.2, 0.25) is 0 Å². The van der Waals surface area contributed by atoms with E-state index in [1.54, 1.807) is 0 Å². The molecular weight excluding hydrogens is 593 g/mol. The molecule has 7 aromatic carbocycles. The Bertz CT molecular complexity index is 2630. The topological polar surface area (TPSA) is 9.86 Å². The van der Waals surface area contributed by atoms with E-state index in [-0.39, 0.29) is 0 Å². The van der Waals surface area contributed by atoms with E-state index >= 15 is 0 Å². The monoisotopic (exact) mass is 626 g/mol. The molecule has 2 heteroatoms. The Morgan fingerprint density at radius 1 is 0.429 bits per heavy atom. The summed E-state index contributed by atoms with van der Waals surface area (Å²) in [7, 11) is 0. The maximum Gasteiger partial charge on any atom is 0.0538 e. The molecule has 1 aliphatic carbocycles. The zero-order valence-corrected chi connectivity index (χ0v) is 27.3. The van der Waals surface area contributed by atoms with E-state index < -0.39 is 0 Å². The summed E-state index contributed by atoms with van der Waals surface area (Å²) in [6, 6.07) is 62.3. The molecule has 0 aliphatic heterocycles. The predicted molar refractivity (Wildman–Crippen MR) is 206 cm³/mol. The van der Waals surface area contributed by atoms with Gasteiger partial charge in [0.25, 0.3) is 0 Å². The summed E-state index contributed by atoms with van der Waals surface area (Å²) in [5.41, 5.74) is 15.3. The van der Waals surface area contributed by atoms with Crippen molar-refractivity contribution in [2.45, 2.75) is 19.3 Å². The molecule has 1 atom stereocenters. The van der Waals surface area contributed by atoms with Gasteiger partial charge in [-0.25, -0.2) is 0 Å². The number of hydrogen-bond donors (Lipinski definition) is 0. The van der Waals surface area contributed by atoms with Crippen LogP contribution in [0, 0.1) is 0 Å². The Labute approximate surface area is 286 Å². The molecule has 9 aromatic rings. The van der Waals surface area contributed by atoms with Crippen LogP contribution in [-0.2, 0) is 6.42 Å². The fourth-order valence-corrected chi connectivity index (χ4v) is 8.36. The van der Waals surface area contributed by atoms with E-state index in [0.717, 1.165) is 6.42 Å². The van der Waals surface area contributed by atoms with Crippen molar-refractivity contribution in [1.82, 2.24) is 9.13 Å². The third-order valence-electron chi connectivity index (χ3n) is 10.5. The number of nitrogens with zero attached hydrogens (tertiary/aromatic N) is 2. The molecule has 10 rings (SSSR count). The fourth-order valence-electron chi connectivity index (χ4n) is 8.36. The van der Waals surface area contributed by atoms with E-state index in [4.69, 9.17) is 0 Å². The van der Waals surface area contributed by atoms with E-state index in [0.29, 0.717) is 5.92 Å². The molecule has 1 unspecified atom stereocenters. The molecule has 49 heavy (non-hydrogen) atoms. The summed E-state index contributed by atoms with van der Waals surface area (Å²) >= 11 is 0. The van der Waals surface area contributed by atoms with Crippen molar-refractivity contribution >= 4 is 32.6 Å². The third kappa shape index (κ3) is 4.34. The highest BCUT2D eigenvalue weighted by molar-refractivity contribution is 6.10. The van der Waals surface area contributed by atoms with Crippen LogP contribution < -0.4 is 0 Å². The Morgan fingerprint density at radius 2 is 0.980 bits per heavy atom. The molecule has 0 saturated heterocycles. The highest BCUT2D eigenvalue weighted by Crippen LogP contribution is 2.51. The second kappa shape index (κ2) is 11.0. The van der Waals surface area contributed by atoms with Gasteiger partial charge in [0, 0.05) is 50.6 Å². The van der Waals surface area contributed by atoms with Gasteiger partial charge in [0.1, 0.15) is 0 Å². The van der Waals surface area contributed by atoms with E-state index in [9.17, 15) is 0 Å². The van der Waals surface area contributed by atoms with Crippen LogP contribution in [0.25, 0.3) is 77.3 Å². The van der Waals surface area contributed by atoms with Crippen LogP contribution in [-0.4, -0.2) is 9.13 Å². The molecule has 232 valence electrons. The number of aromatic nitrogens is 2. The standard InChI is InChI=1S/C47H34N2/c1-31-26-44-45(46-41-21-11-13-23-43(41)49(47(31)46)38-25-24-34-18-8-9-19-35(34)28-38)40-20-10-12-22-42(40)48(44)39-29-36(32-14-4-2-5-15-32)27-37(30-39)33-16-6-3-7-17-33/h2-25,27-31H,26H2,1H3. The maximum absolute atomic E-state index is 2.56. The summed E-state index contributed by atoms with van der Waals surface area (Å²) in [6.07, 6.45) is 0.942. The zero-order chi connectivity index (χ0) is 32.5. The minimum Gasteiger partial charge on any atom is -0.313 e. The second-order valence-electron chi connectivity index (χ2n) is 13.4. The molecule has 0 fully saturated rings. The fraction of sp³-hybridized carbons (Fsp3) is 0.0638. The number of hydrogen-bond acceptors (Lipinski definition) is 0. The van der Waals surface area contributed by atoms with Crippen molar-refractivity contribution in [3.63, 3.8) is 0 Å². The van der Waals surface area contributed by atoms with Gasteiger partial charge in [-0.2, -0.15) is 0 Å². The maximum atomic E-state index is 2.56. The Kier molecular flexibility index (Phi) is 6.25. The summed E-state index contributed by atoms with van der Waals surface area (Å²) < 4.78 is 5.10. The molecule has 1 aliphatic rings. The third-order valence-corrected chi connectivity index (χ3v) is 10.5. The lowest BCUT2D eigenvalue weighted by molar-refractivity contribution is 0.685. The lowest BCUT2D eigenvalue weighted by Crippen LogP contribution is -2.14. The molecule has 0 amide bonds. The van der Waals surface area contributed by atoms with Crippen LogP contribution in [0.1, 0.15) is 24.2 Å². The van der Waals surface area contributed by atoms with Gasteiger partial charge in [0.15, 0.2) is 0 Å². The number of para-hydroxylation sites is 2. The van der Waals surface area contributed by atoms with Crippen molar-refractivity contribution in [2.75, 3.05) is 0 Å². The molecule has 0 spiro atoms. The number of rotatable bonds is 4. The molecule has 2 heterocycles. The highest BCUT2D eigenvalue weighted by atomic mass is 15.0. The van der Waals surface area contributed by atoms with Gasteiger partial charge in [0.05, 0.1) is 11.0 Å². The summed E-state index contributed by atoms with van der Waals surface area (Å²) in [5.74, 6) is 0.301. The number of fused-ring (bicyclic) bond motifs is 8. The van der Waals surface area contributed by atoms with Gasteiger partial charge >= 0.3 is 0 Å². The molecule has 2 nitrogen and oxygen atoms in total. The lowest BCUT2D eigenvalue weighted by Gasteiger charge is -2.25. The first-order valence-electron chi connectivity index (χ1n) is 17.2. The van der Waals surface area contributed by atoms with Crippen molar-refractivity contribution in [2.24, 2.45) is 0 Å². The Morgan fingerprint density at radius 3 is 1.65 bits per heavy atom. The minimum absolute atomic E-state index is 0.301. The van der Waals surface area contributed by atoms with Crippen LogP contribution in [0.2, 0.25) is 0 Å². The molecule has 0 N–H and O–H groups in total. The predicted octanol–water partition coefficient (Wildman–Crippen LogP) is 12.4. The van der Waals surface area contributed by atoms with Crippen molar-refractivity contribution in [3.8, 4) is 44.8 Å². The molecule has 0 saturated carbocycles. The summed E-state index contributed by atoms with van der Waals surface area (Å²) in [6.45, 7) is 2.41. The minimum atomic E-state index is 0.301. The van der Waals surface area contributed by atoms with E-state index in [1.807, 2.05) is 0 Å². The first kappa shape index (κ1) is 27.9. The van der Waals surface area contributed by atoms with Crippen LogP contribution in [0.4, 0.5) is 0 Å². The average molecular weight is 627 g/mol. The average Bonchev–Trinajstić information content (AvgIpc) is 3.68. The lowest BCUT2D eigenvalue weighted by atomic mass is 9.85. The first-order chi connectivity index (χ1) is 24.2. The quantitative estimate of drug-likeness (QED) is 0.184. The smallest absolute Gasteiger partial charge is 0.0538 e. The van der Waals surface area contributed by atoms with Crippen LogP contribution in [0.3, 0.4) is 0 Å². The molecule has 0 radical (unpaired) electrons. The normalized spacial score (nSPS) is 13.9. The Hall–Kier alpha value is -6.12. The Balaban J connectivity index is 1.27. The largest absolute Gasteiger partial charge is 0.313 e. The van der Waals surface area contributed by atoms with Crippen LogP contribution in [0.15, 0.2) is 170 Å². The molecule has 2 aromatic heterocycles. The van der Waals surface area contributed by atoms with Crippen molar-refractivity contribution in [3.05, 3.63) is 181 Å². The summed E-state index contributed by atoms with van der Waals surface area (Å²) in [5, 5.41) is 5.14. The number of benzene rings is 7. The van der Waals surface area contributed by atoms with E-state index in [1.165, 1.54) is 88.7 Å². The second-order valence-corrected chi connectivity index (χ2v) is 13.4. The van der Waals surface area contributed by atoms with Crippen LogP contribution >= 0.6 is 0 Å². The van der Waals surface area contributed by atoms with E-state index in [2.05, 4.69) is 186 Å². The van der Waals surface area contributed by atoms with Gasteiger partial charge < -0.3 is 9.13 Å². The SMILES string of the molecule is CC1Cc2c(c3ccccc3n2-c2cc(-c3ccccc3)cc(-c3ccccc3)c2)-c2c1n(-c1ccc3ccccc3c1)c1ccccc21. The highest BCUT2D eigenvalue weighted by Gasteiger charge is 2.34.